The standard InChI is InChI=1S/C48H54Br2/c1-25(2)33-19-37(27(5)6)47(38(20-33)28(7)8)31-14-16-36-41(17-31)43-24-46(50)44-18-32(13-15-35(44)42(43)23-45(36)49)48-39(29(9)10)21-34(26(3)4)22-40(48)30(11)12/h13-30H,1-12H3. The highest BCUT2D eigenvalue weighted by molar-refractivity contribution is 9.11. The van der Waals surface area contributed by atoms with E-state index in [1.807, 2.05) is 0 Å². The van der Waals surface area contributed by atoms with Crippen LogP contribution >= 0.6 is 31.9 Å². The van der Waals surface area contributed by atoms with E-state index >= 15 is 0 Å². The first-order valence-corrected chi connectivity index (χ1v) is 20.3. The number of halogens is 2. The Labute approximate surface area is 318 Å². The van der Waals surface area contributed by atoms with Gasteiger partial charge in [-0.15, -0.1) is 0 Å². The average Bonchev–Trinajstić information content (AvgIpc) is 3.07. The second-order valence-electron chi connectivity index (χ2n) is 16.4. The van der Waals surface area contributed by atoms with E-state index in [-0.39, 0.29) is 0 Å². The molecular weight excluding hydrogens is 736 g/mol. The van der Waals surface area contributed by atoms with E-state index in [2.05, 4.69) is 188 Å². The molecule has 260 valence electrons. The van der Waals surface area contributed by atoms with Gasteiger partial charge in [0.05, 0.1) is 0 Å². The van der Waals surface area contributed by atoms with E-state index in [4.69, 9.17) is 0 Å². The van der Waals surface area contributed by atoms with Crippen LogP contribution in [0.4, 0.5) is 0 Å². The van der Waals surface area contributed by atoms with Crippen LogP contribution in [0.15, 0.2) is 81.7 Å². The second kappa shape index (κ2) is 14.2. The lowest BCUT2D eigenvalue weighted by Crippen LogP contribution is -2.03. The van der Waals surface area contributed by atoms with Crippen molar-refractivity contribution in [2.75, 3.05) is 0 Å². The Morgan fingerprint density at radius 2 is 0.640 bits per heavy atom. The minimum absolute atomic E-state index is 0.428. The van der Waals surface area contributed by atoms with Gasteiger partial charge >= 0.3 is 0 Å². The molecule has 6 rings (SSSR count). The van der Waals surface area contributed by atoms with Gasteiger partial charge in [0.1, 0.15) is 0 Å². The van der Waals surface area contributed by atoms with Crippen LogP contribution in [-0.4, -0.2) is 0 Å². The number of benzene rings is 6. The van der Waals surface area contributed by atoms with Crippen molar-refractivity contribution in [3.05, 3.63) is 115 Å². The van der Waals surface area contributed by atoms with Crippen LogP contribution < -0.4 is 0 Å². The summed E-state index contributed by atoms with van der Waals surface area (Å²) in [4.78, 5) is 0. The molecule has 0 aliphatic carbocycles. The molecule has 0 aliphatic rings. The summed E-state index contributed by atoms with van der Waals surface area (Å²) in [6.07, 6.45) is 0. The monoisotopic (exact) mass is 788 g/mol. The molecule has 0 aromatic heterocycles. The SMILES string of the molecule is CC(C)c1cc(C(C)C)c(-c2ccc3c(c2)c(Br)cc2c4cc(-c5c(C(C)C)cc(C(C)C)cc5C(C)C)ccc4c(Br)cc32)c(C(C)C)c1. The Hall–Kier alpha value is -2.94. The van der Waals surface area contributed by atoms with Crippen LogP contribution in [-0.2, 0) is 0 Å². The van der Waals surface area contributed by atoms with E-state index in [9.17, 15) is 0 Å². The third-order valence-electron chi connectivity index (χ3n) is 10.8. The zero-order valence-electron chi connectivity index (χ0n) is 32.1. The van der Waals surface area contributed by atoms with Gasteiger partial charge in [-0.1, -0.05) is 163 Å². The predicted molar refractivity (Wildman–Crippen MR) is 230 cm³/mol. The van der Waals surface area contributed by atoms with E-state index in [1.165, 1.54) is 88.0 Å². The molecule has 0 fully saturated rings. The number of hydrogen-bond donors (Lipinski definition) is 0. The van der Waals surface area contributed by atoms with Crippen LogP contribution in [0.3, 0.4) is 0 Å². The summed E-state index contributed by atoms with van der Waals surface area (Å²) in [7, 11) is 0. The van der Waals surface area contributed by atoms with E-state index < -0.39 is 0 Å². The van der Waals surface area contributed by atoms with Crippen molar-refractivity contribution >= 4 is 64.2 Å². The molecule has 0 saturated heterocycles. The molecule has 0 nitrogen and oxygen atoms in total. The van der Waals surface area contributed by atoms with Crippen LogP contribution in [0, 0.1) is 0 Å². The van der Waals surface area contributed by atoms with Crippen molar-refractivity contribution in [2.24, 2.45) is 0 Å². The maximum Gasteiger partial charge on any atom is 0.0260 e. The van der Waals surface area contributed by atoms with Gasteiger partial charge in [-0.25, -0.2) is 0 Å². The highest BCUT2D eigenvalue weighted by Crippen LogP contribution is 2.46. The van der Waals surface area contributed by atoms with Crippen LogP contribution in [0.2, 0.25) is 0 Å². The van der Waals surface area contributed by atoms with E-state index in [1.54, 1.807) is 0 Å². The molecule has 0 heterocycles. The molecule has 0 unspecified atom stereocenters. The second-order valence-corrected chi connectivity index (χ2v) is 18.1. The lowest BCUT2D eigenvalue weighted by Gasteiger charge is -2.24. The number of fused-ring (bicyclic) bond motifs is 5. The molecule has 0 spiro atoms. The Balaban J connectivity index is 1.62. The maximum atomic E-state index is 4.09. The quantitative estimate of drug-likeness (QED) is 0.135. The van der Waals surface area contributed by atoms with Crippen molar-refractivity contribution in [1.82, 2.24) is 0 Å². The van der Waals surface area contributed by atoms with Gasteiger partial charge in [0.15, 0.2) is 0 Å². The smallest absolute Gasteiger partial charge is 0.0260 e. The summed E-state index contributed by atoms with van der Waals surface area (Å²) in [6.45, 7) is 27.9. The highest BCUT2D eigenvalue weighted by atomic mass is 79.9. The topological polar surface area (TPSA) is 0 Å². The molecule has 0 saturated carbocycles. The number of hydrogen-bond acceptors (Lipinski definition) is 0. The van der Waals surface area contributed by atoms with Crippen LogP contribution in [0.5, 0.6) is 0 Å². The molecule has 6 aromatic rings. The lowest BCUT2D eigenvalue weighted by molar-refractivity contribution is 0.807. The van der Waals surface area contributed by atoms with Crippen molar-refractivity contribution in [3.8, 4) is 22.3 Å². The summed E-state index contributed by atoms with van der Waals surface area (Å²) < 4.78 is 2.27. The molecule has 0 atom stereocenters. The van der Waals surface area contributed by atoms with E-state index in [0.717, 1.165) is 8.95 Å². The third kappa shape index (κ3) is 6.61. The van der Waals surface area contributed by atoms with Gasteiger partial charge in [0.25, 0.3) is 0 Å². The first kappa shape index (κ1) is 36.8. The summed E-state index contributed by atoms with van der Waals surface area (Å²) in [5, 5.41) is 7.60. The molecule has 2 heteroatoms. The van der Waals surface area contributed by atoms with Gasteiger partial charge < -0.3 is 0 Å². The molecule has 0 radical (unpaired) electrons. The first-order valence-electron chi connectivity index (χ1n) is 18.7. The van der Waals surface area contributed by atoms with Gasteiger partial charge in [0, 0.05) is 8.95 Å². The van der Waals surface area contributed by atoms with Crippen LogP contribution in [0.1, 0.15) is 152 Å². The normalized spacial score (nSPS) is 12.5. The van der Waals surface area contributed by atoms with Gasteiger partial charge in [-0.3, -0.25) is 0 Å². The Kier molecular flexibility index (Phi) is 10.5. The fraction of sp³-hybridized carbons (Fsp3) is 0.375. The lowest BCUT2D eigenvalue weighted by atomic mass is 9.81. The van der Waals surface area contributed by atoms with Crippen molar-refractivity contribution in [2.45, 2.75) is 119 Å². The summed E-state index contributed by atoms with van der Waals surface area (Å²) in [5.41, 5.74) is 14.1. The van der Waals surface area contributed by atoms with Crippen molar-refractivity contribution in [1.29, 1.82) is 0 Å². The Morgan fingerprint density at radius 1 is 0.320 bits per heavy atom. The zero-order chi connectivity index (χ0) is 36.3. The first-order chi connectivity index (χ1) is 23.6. The van der Waals surface area contributed by atoms with Gasteiger partial charge in [0.2, 0.25) is 0 Å². The Morgan fingerprint density at radius 3 is 1.02 bits per heavy atom. The van der Waals surface area contributed by atoms with Gasteiger partial charge in [-0.2, -0.15) is 0 Å². The summed E-state index contributed by atoms with van der Waals surface area (Å²) in [5.74, 6) is 2.72. The molecule has 0 amide bonds. The average molecular weight is 791 g/mol. The third-order valence-corrected chi connectivity index (χ3v) is 12.1. The largest absolute Gasteiger partial charge is 0.0587 e. The fourth-order valence-corrected chi connectivity index (χ4v) is 8.98. The van der Waals surface area contributed by atoms with E-state index in [0.29, 0.717) is 35.5 Å². The zero-order valence-corrected chi connectivity index (χ0v) is 35.3. The molecular formula is C48H54Br2. The van der Waals surface area contributed by atoms with Gasteiger partial charge in [-0.05, 0) is 148 Å². The number of rotatable bonds is 8. The maximum absolute atomic E-state index is 4.09. The molecule has 0 aliphatic heterocycles. The van der Waals surface area contributed by atoms with Crippen molar-refractivity contribution in [3.63, 3.8) is 0 Å². The molecule has 6 aromatic carbocycles. The molecule has 0 N–H and O–H groups in total. The Bertz CT molecular complexity index is 2190. The van der Waals surface area contributed by atoms with Crippen LogP contribution in [0.25, 0.3) is 54.6 Å². The highest BCUT2D eigenvalue weighted by Gasteiger charge is 2.22. The van der Waals surface area contributed by atoms with Crippen molar-refractivity contribution < 1.29 is 0 Å². The fourth-order valence-electron chi connectivity index (χ4n) is 7.85. The predicted octanol–water partition coefficient (Wildman–Crippen LogP) is 16.7. The summed E-state index contributed by atoms with van der Waals surface area (Å²) >= 11 is 8.10. The minimum Gasteiger partial charge on any atom is -0.0587 e. The summed E-state index contributed by atoms with van der Waals surface area (Å²) in [6, 6.07) is 28.8. The molecule has 50 heavy (non-hydrogen) atoms. The molecule has 0 bridgehead atoms. The minimum atomic E-state index is 0.428.